The zero-order valence-corrected chi connectivity index (χ0v) is 20.5. The molecule has 2 aromatic rings. The molecular formula is C27H37N5O2. The normalized spacial score (nSPS) is 31.2. The summed E-state index contributed by atoms with van der Waals surface area (Å²) in [5, 5.41) is 3.50. The highest BCUT2D eigenvalue weighted by molar-refractivity contribution is 5.92. The van der Waals surface area contributed by atoms with Crippen LogP contribution in [0.25, 0.3) is 5.52 Å². The van der Waals surface area contributed by atoms with Crippen molar-refractivity contribution in [3.05, 3.63) is 35.9 Å². The maximum Gasteiger partial charge on any atom is 0.288 e. The molecule has 0 radical (unpaired) electrons. The van der Waals surface area contributed by atoms with Crippen LogP contribution in [0.5, 0.6) is 0 Å². The minimum atomic E-state index is -0.0234. The van der Waals surface area contributed by atoms with E-state index in [-0.39, 0.29) is 23.3 Å². The second-order valence-corrected chi connectivity index (χ2v) is 11.8. The molecule has 1 aliphatic heterocycles. The second kappa shape index (κ2) is 8.36. The summed E-state index contributed by atoms with van der Waals surface area (Å²) >= 11 is 0. The Bertz CT molecular complexity index is 1060. The van der Waals surface area contributed by atoms with Crippen LogP contribution < -0.4 is 5.32 Å². The summed E-state index contributed by atoms with van der Waals surface area (Å²) < 4.78 is 1.97. The van der Waals surface area contributed by atoms with Gasteiger partial charge in [-0.25, -0.2) is 4.98 Å². The van der Waals surface area contributed by atoms with Crippen molar-refractivity contribution in [2.75, 3.05) is 27.2 Å². The summed E-state index contributed by atoms with van der Waals surface area (Å²) in [5.41, 5.74) is 1.94. The van der Waals surface area contributed by atoms with Gasteiger partial charge in [-0.3, -0.25) is 18.9 Å². The van der Waals surface area contributed by atoms with Gasteiger partial charge in [0.2, 0.25) is 11.7 Å². The van der Waals surface area contributed by atoms with Gasteiger partial charge in [0.15, 0.2) is 0 Å². The van der Waals surface area contributed by atoms with E-state index in [9.17, 15) is 9.59 Å². The molecule has 1 saturated heterocycles. The predicted octanol–water partition coefficient (Wildman–Crippen LogP) is 3.33. The number of nitrogens with one attached hydrogen (secondary N) is 1. The fraction of sp³-hybridized carbons (Fsp3) is 0.667. The Morgan fingerprint density at radius 3 is 2.32 bits per heavy atom. The van der Waals surface area contributed by atoms with Crippen molar-refractivity contribution >= 4 is 17.3 Å². The second-order valence-electron chi connectivity index (χ2n) is 11.8. The van der Waals surface area contributed by atoms with Gasteiger partial charge in [-0.1, -0.05) is 6.07 Å². The molecule has 4 saturated carbocycles. The molecule has 5 fully saturated rings. The average molecular weight is 464 g/mol. The average Bonchev–Trinajstić information content (AvgIpc) is 3.16. The summed E-state index contributed by atoms with van der Waals surface area (Å²) in [6.07, 6.45) is 11.2. The predicted molar refractivity (Wildman–Crippen MR) is 130 cm³/mol. The van der Waals surface area contributed by atoms with Crippen LogP contribution in [0, 0.1) is 23.7 Å². The molecule has 4 bridgehead atoms. The molecule has 3 heterocycles. The van der Waals surface area contributed by atoms with E-state index in [0.29, 0.717) is 12.4 Å². The lowest BCUT2D eigenvalue weighted by Gasteiger charge is -2.56. The number of fused-ring (bicyclic) bond motifs is 1. The number of rotatable bonds is 5. The van der Waals surface area contributed by atoms with Crippen LogP contribution in [-0.2, 0) is 11.3 Å². The Labute approximate surface area is 201 Å². The first kappa shape index (κ1) is 22.1. The smallest absolute Gasteiger partial charge is 0.288 e. The van der Waals surface area contributed by atoms with Crippen molar-refractivity contribution in [3.8, 4) is 0 Å². The van der Waals surface area contributed by atoms with Crippen LogP contribution in [0.4, 0.5) is 0 Å². The van der Waals surface area contributed by atoms with Crippen LogP contribution in [0.3, 0.4) is 0 Å². The standard InChI is InChI=1S/C27H37N5O2/c1-30(2)26(34)21-6-9-31(10-7-21)17-22-23-5-3-4-8-32(23)24(28-22)25(33)29-27-14-18-11-19(15-27)13-20(12-18)16-27/h3-5,8,18-21H,6-7,9-17H2,1-2H3,(H,29,33). The fourth-order valence-corrected chi connectivity index (χ4v) is 7.85. The number of pyridine rings is 1. The van der Waals surface area contributed by atoms with Crippen LogP contribution in [-0.4, -0.2) is 63.7 Å². The first-order valence-electron chi connectivity index (χ1n) is 13.1. The molecule has 0 spiro atoms. The molecule has 1 N–H and O–H groups in total. The summed E-state index contributed by atoms with van der Waals surface area (Å²) in [7, 11) is 3.67. The molecule has 4 aliphatic carbocycles. The molecular weight excluding hydrogens is 426 g/mol. The monoisotopic (exact) mass is 463 g/mol. The number of carbonyl (C=O) groups excluding carboxylic acids is 2. The van der Waals surface area contributed by atoms with Gasteiger partial charge < -0.3 is 10.2 Å². The van der Waals surface area contributed by atoms with E-state index < -0.39 is 0 Å². The van der Waals surface area contributed by atoms with Crippen LogP contribution in [0.2, 0.25) is 0 Å². The lowest BCUT2D eigenvalue weighted by atomic mass is 9.53. The minimum absolute atomic E-state index is 0.0204. The lowest BCUT2D eigenvalue weighted by molar-refractivity contribution is -0.134. The Hall–Kier alpha value is -2.41. The topological polar surface area (TPSA) is 70.0 Å². The van der Waals surface area contributed by atoms with E-state index in [1.54, 1.807) is 4.90 Å². The molecule has 0 aromatic carbocycles. The first-order valence-corrected chi connectivity index (χ1v) is 13.1. The van der Waals surface area contributed by atoms with Crippen LogP contribution >= 0.6 is 0 Å². The van der Waals surface area contributed by atoms with Gasteiger partial charge in [-0.15, -0.1) is 0 Å². The molecule has 2 aromatic heterocycles. The summed E-state index contributed by atoms with van der Waals surface area (Å²) in [4.78, 5) is 34.9. The van der Waals surface area contributed by atoms with E-state index in [2.05, 4.69) is 16.3 Å². The van der Waals surface area contributed by atoms with Gasteiger partial charge >= 0.3 is 0 Å². The number of hydrogen-bond acceptors (Lipinski definition) is 4. The Balaban J connectivity index is 1.19. The van der Waals surface area contributed by atoms with E-state index in [4.69, 9.17) is 4.98 Å². The molecule has 7 heteroatoms. The number of carbonyl (C=O) groups is 2. The van der Waals surface area contributed by atoms with Gasteiger partial charge in [-0.2, -0.15) is 0 Å². The summed E-state index contributed by atoms with van der Waals surface area (Å²) in [6.45, 7) is 2.47. The number of piperidine rings is 1. The Morgan fingerprint density at radius 2 is 1.71 bits per heavy atom. The van der Waals surface area contributed by atoms with Crippen molar-refractivity contribution in [3.63, 3.8) is 0 Å². The number of hydrogen-bond donors (Lipinski definition) is 1. The van der Waals surface area contributed by atoms with Crippen LogP contribution in [0.1, 0.15) is 67.7 Å². The van der Waals surface area contributed by atoms with E-state index in [1.807, 2.05) is 36.8 Å². The Morgan fingerprint density at radius 1 is 1.06 bits per heavy atom. The van der Waals surface area contributed by atoms with E-state index in [0.717, 1.165) is 74.2 Å². The summed E-state index contributed by atoms with van der Waals surface area (Å²) in [6, 6.07) is 6.05. The maximum atomic E-state index is 13.6. The van der Waals surface area contributed by atoms with Gasteiger partial charge in [0.05, 0.1) is 11.2 Å². The van der Waals surface area contributed by atoms with Crippen LogP contribution in [0.15, 0.2) is 24.4 Å². The van der Waals surface area contributed by atoms with E-state index in [1.165, 1.54) is 19.3 Å². The summed E-state index contributed by atoms with van der Waals surface area (Å²) in [5.74, 6) is 3.22. The highest BCUT2D eigenvalue weighted by atomic mass is 16.2. The van der Waals surface area contributed by atoms with E-state index >= 15 is 0 Å². The van der Waals surface area contributed by atoms with Crippen molar-refractivity contribution < 1.29 is 9.59 Å². The maximum absolute atomic E-state index is 13.6. The molecule has 7 nitrogen and oxygen atoms in total. The van der Waals surface area contributed by atoms with Crippen molar-refractivity contribution in [1.82, 2.24) is 24.5 Å². The third-order valence-corrected chi connectivity index (χ3v) is 9.00. The van der Waals surface area contributed by atoms with Gasteiger partial charge in [0.25, 0.3) is 5.91 Å². The van der Waals surface area contributed by atoms with Gasteiger partial charge in [0, 0.05) is 38.3 Å². The zero-order chi connectivity index (χ0) is 23.4. The Kier molecular flexibility index (Phi) is 5.43. The molecule has 0 atom stereocenters. The number of aromatic nitrogens is 2. The SMILES string of the molecule is CN(C)C(=O)C1CCN(Cc2nc(C(=O)NC34CC5CC(CC(C5)C3)C4)n3ccccc23)CC1. The number of nitrogens with zero attached hydrogens (tertiary/aromatic N) is 4. The van der Waals surface area contributed by atoms with Crippen molar-refractivity contribution in [2.24, 2.45) is 23.7 Å². The largest absolute Gasteiger partial charge is 0.349 e. The van der Waals surface area contributed by atoms with Gasteiger partial charge in [-0.05, 0) is 94.3 Å². The fourth-order valence-electron chi connectivity index (χ4n) is 7.85. The molecule has 2 amide bonds. The third-order valence-electron chi connectivity index (χ3n) is 9.00. The highest BCUT2D eigenvalue weighted by Crippen LogP contribution is 2.55. The van der Waals surface area contributed by atoms with Gasteiger partial charge in [0.1, 0.15) is 0 Å². The minimum Gasteiger partial charge on any atom is -0.349 e. The zero-order valence-electron chi connectivity index (χ0n) is 20.5. The lowest BCUT2D eigenvalue weighted by Crippen LogP contribution is -2.60. The molecule has 7 rings (SSSR count). The van der Waals surface area contributed by atoms with Crippen molar-refractivity contribution in [2.45, 2.75) is 63.5 Å². The first-order chi connectivity index (χ1) is 16.4. The highest BCUT2D eigenvalue weighted by Gasteiger charge is 2.51. The number of likely N-dealkylation sites (tertiary alicyclic amines) is 1. The van der Waals surface area contributed by atoms with Crippen molar-refractivity contribution in [1.29, 1.82) is 0 Å². The molecule has 5 aliphatic rings. The number of amides is 2. The molecule has 0 unspecified atom stereocenters. The third kappa shape index (κ3) is 3.92. The molecule has 34 heavy (non-hydrogen) atoms. The molecule has 182 valence electrons. The number of imidazole rings is 1. The quantitative estimate of drug-likeness (QED) is 0.739.